The molecule has 5 nitrogen and oxygen atoms in total. The topological polar surface area (TPSA) is 52.5 Å². The predicted molar refractivity (Wildman–Crippen MR) is 162 cm³/mol. The maximum Gasteiger partial charge on any atom is 0.221 e. The van der Waals surface area contributed by atoms with Crippen LogP contribution in [0.4, 0.5) is 0 Å². The van der Waals surface area contributed by atoms with Gasteiger partial charge in [-0.15, -0.1) is 0 Å². The summed E-state index contributed by atoms with van der Waals surface area (Å²) in [6.07, 6.45) is 2.50. The zero-order valence-electron chi connectivity index (χ0n) is 22.8. The number of rotatable bonds is 11. The number of hydrogen-bond acceptors (Lipinski definition) is 3. The van der Waals surface area contributed by atoms with Crippen molar-refractivity contribution in [2.24, 2.45) is 0 Å². The zero-order valence-corrected chi connectivity index (χ0v) is 23.5. The van der Waals surface area contributed by atoms with Crippen molar-refractivity contribution in [3.05, 3.63) is 131 Å². The third-order valence-electron chi connectivity index (χ3n) is 7.00. The molecule has 1 atom stereocenters. The van der Waals surface area contributed by atoms with Gasteiger partial charge in [-0.1, -0.05) is 71.8 Å². The van der Waals surface area contributed by atoms with Crippen LogP contribution in [0.1, 0.15) is 34.6 Å². The lowest BCUT2D eigenvalue weighted by Gasteiger charge is -2.18. The second-order valence-corrected chi connectivity index (χ2v) is 10.4. The van der Waals surface area contributed by atoms with Crippen molar-refractivity contribution in [1.29, 1.82) is 0 Å². The fourth-order valence-corrected chi connectivity index (χ4v) is 5.09. The molecule has 5 rings (SSSR count). The van der Waals surface area contributed by atoms with Crippen LogP contribution >= 0.6 is 11.6 Å². The summed E-state index contributed by atoms with van der Waals surface area (Å²) in [6, 6.07) is 32.3. The van der Waals surface area contributed by atoms with Crippen molar-refractivity contribution < 1.29 is 14.3 Å². The minimum absolute atomic E-state index is 0.0264. The van der Waals surface area contributed by atoms with E-state index in [1.165, 1.54) is 11.1 Å². The molecule has 1 heterocycles. The molecular formula is C34H33ClN2O3. The van der Waals surface area contributed by atoms with E-state index in [0.29, 0.717) is 36.1 Å². The number of amides is 1. The molecule has 0 fully saturated rings. The normalized spacial score (nSPS) is 11.9. The van der Waals surface area contributed by atoms with Crippen LogP contribution in [0.25, 0.3) is 10.9 Å². The molecule has 0 saturated carbocycles. The van der Waals surface area contributed by atoms with Gasteiger partial charge in [-0.25, -0.2) is 0 Å². The number of aromatic nitrogens is 1. The van der Waals surface area contributed by atoms with E-state index in [0.717, 1.165) is 28.6 Å². The fraction of sp³-hybridized carbons (Fsp3) is 0.206. The smallest absolute Gasteiger partial charge is 0.221 e. The number of methoxy groups -OCH3 is 1. The molecule has 0 aliphatic carbocycles. The SMILES string of the molecule is COCCNC(=O)C[C@H](c1cccc(Oc2ccc(Cl)cc2)c1)c1cn(Cc2ccc(C)cc2)c2ccccc12. The number of benzene rings is 4. The number of para-hydroxylation sites is 1. The van der Waals surface area contributed by atoms with E-state index >= 15 is 0 Å². The average Bonchev–Trinajstić information content (AvgIpc) is 3.32. The molecular weight excluding hydrogens is 520 g/mol. The molecule has 5 aromatic rings. The van der Waals surface area contributed by atoms with Crippen LogP contribution in [-0.2, 0) is 16.1 Å². The summed E-state index contributed by atoms with van der Waals surface area (Å²) >= 11 is 6.05. The molecule has 0 bridgehead atoms. The summed E-state index contributed by atoms with van der Waals surface area (Å²) in [5.74, 6) is 1.19. The Kier molecular flexibility index (Phi) is 8.84. The summed E-state index contributed by atoms with van der Waals surface area (Å²) in [5, 5.41) is 4.79. The molecule has 1 N–H and O–H groups in total. The van der Waals surface area contributed by atoms with Gasteiger partial charge in [0.15, 0.2) is 0 Å². The molecule has 4 aromatic carbocycles. The highest BCUT2D eigenvalue weighted by Crippen LogP contribution is 2.37. The Morgan fingerprint density at radius 2 is 1.70 bits per heavy atom. The number of carbonyl (C=O) groups excluding carboxylic acids is 1. The highest BCUT2D eigenvalue weighted by Gasteiger charge is 2.23. The molecule has 0 radical (unpaired) electrons. The number of ether oxygens (including phenoxy) is 2. The first kappa shape index (κ1) is 27.5. The summed E-state index contributed by atoms with van der Waals surface area (Å²) in [4.78, 5) is 13.1. The van der Waals surface area contributed by atoms with Gasteiger partial charge in [0.25, 0.3) is 0 Å². The van der Waals surface area contributed by atoms with Crippen molar-refractivity contribution >= 4 is 28.4 Å². The molecule has 1 amide bonds. The lowest BCUT2D eigenvalue weighted by atomic mass is 9.88. The van der Waals surface area contributed by atoms with E-state index in [2.05, 4.69) is 77.6 Å². The average molecular weight is 553 g/mol. The first-order valence-corrected chi connectivity index (χ1v) is 13.8. The minimum Gasteiger partial charge on any atom is -0.457 e. The van der Waals surface area contributed by atoms with E-state index in [1.54, 1.807) is 19.2 Å². The third-order valence-corrected chi connectivity index (χ3v) is 7.25. The standard InChI is InChI=1S/C34H33ClN2O3/c1-24-10-12-25(13-11-24)22-37-23-32(30-8-3-4-9-33(30)37)31(21-34(38)36-18-19-39-2)26-6-5-7-29(20-26)40-28-16-14-27(35)15-17-28/h3-17,20,23,31H,18-19,21-22H2,1-2H3,(H,36,38)/t31-/m1/s1. The molecule has 6 heteroatoms. The Morgan fingerprint density at radius 1 is 0.925 bits per heavy atom. The van der Waals surface area contributed by atoms with Gasteiger partial charge in [0, 0.05) is 54.7 Å². The molecule has 40 heavy (non-hydrogen) atoms. The van der Waals surface area contributed by atoms with Gasteiger partial charge in [0.1, 0.15) is 11.5 Å². The van der Waals surface area contributed by atoms with E-state index in [-0.39, 0.29) is 11.8 Å². The number of halogens is 1. The maximum absolute atomic E-state index is 13.1. The molecule has 0 spiro atoms. The minimum atomic E-state index is -0.180. The Labute approximate surface area is 240 Å². The highest BCUT2D eigenvalue weighted by molar-refractivity contribution is 6.30. The quantitative estimate of drug-likeness (QED) is 0.171. The lowest BCUT2D eigenvalue weighted by molar-refractivity contribution is -0.121. The Morgan fingerprint density at radius 3 is 2.48 bits per heavy atom. The van der Waals surface area contributed by atoms with Crippen molar-refractivity contribution in [3.63, 3.8) is 0 Å². The second-order valence-electron chi connectivity index (χ2n) is 9.94. The number of carbonyl (C=O) groups is 1. The van der Waals surface area contributed by atoms with Crippen LogP contribution in [0.3, 0.4) is 0 Å². The molecule has 1 aromatic heterocycles. The van der Waals surface area contributed by atoms with Crippen molar-refractivity contribution in [3.8, 4) is 11.5 Å². The van der Waals surface area contributed by atoms with E-state index in [4.69, 9.17) is 21.1 Å². The van der Waals surface area contributed by atoms with Crippen LogP contribution in [0, 0.1) is 6.92 Å². The van der Waals surface area contributed by atoms with Crippen molar-refractivity contribution in [2.75, 3.05) is 20.3 Å². The van der Waals surface area contributed by atoms with Gasteiger partial charge in [-0.3, -0.25) is 4.79 Å². The van der Waals surface area contributed by atoms with Crippen LogP contribution in [0.5, 0.6) is 11.5 Å². The Hall–Kier alpha value is -4.06. The highest BCUT2D eigenvalue weighted by atomic mass is 35.5. The molecule has 204 valence electrons. The molecule has 0 saturated heterocycles. The Bertz CT molecular complexity index is 1580. The van der Waals surface area contributed by atoms with Crippen LogP contribution in [0.15, 0.2) is 103 Å². The number of hydrogen-bond donors (Lipinski definition) is 1. The fourth-order valence-electron chi connectivity index (χ4n) is 4.96. The van der Waals surface area contributed by atoms with Gasteiger partial charge in [-0.2, -0.15) is 0 Å². The predicted octanol–water partition coefficient (Wildman–Crippen LogP) is 7.73. The van der Waals surface area contributed by atoms with Crippen LogP contribution < -0.4 is 10.1 Å². The van der Waals surface area contributed by atoms with Gasteiger partial charge in [-0.05, 0) is 66.1 Å². The largest absolute Gasteiger partial charge is 0.457 e. The monoisotopic (exact) mass is 552 g/mol. The van der Waals surface area contributed by atoms with Crippen molar-refractivity contribution in [1.82, 2.24) is 9.88 Å². The van der Waals surface area contributed by atoms with E-state index in [9.17, 15) is 4.79 Å². The van der Waals surface area contributed by atoms with E-state index in [1.807, 2.05) is 30.3 Å². The number of nitrogens with zero attached hydrogens (tertiary/aromatic N) is 1. The second kappa shape index (κ2) is 12.9. The number of fused-ring (bicyclic) bond motifs is 1. The molecule has 0 unspecified atom stereocenters. The van der Waals surface area contributed by atoms with Crippen LogP contribution in [0.2, 0.25) is 5.02 Å². The van der Waals surface area contributed by atoms with Crippen LogP contribution in [-0.4, -0.2) is 30.7 Å². The lowest BCUT2D eigenvalue weighted by Crippen LogP contribution is -2.28. The molecule has 0 aliphatic heterocycles. The van der Waals surface area contributed by atoms with Gasteiger partial charge in [0.2, 0.25) is 5.91 Å². The van der Waals surface area contributed by atoms with Gasteiger partial charge in [0.05, 0.1) is 6.61 Å². The summed E-state index contributed by atoms with van der Waals surface area (Å²) in [5.41, 5.74) is 5.71. The summed E-state index contributed by atoms with van der Waals surface area (Å²) in [7, 11) is 1.63. The summed E-state index contributed by atoms with van der Waals surface area (Å²) in [6.45, 7) is 3.78. The van der Waals surface area contributed by atoms with Gasteiger partial charge < -0.3 is 19.4 Å². The number of aryl methyl sites for hydroxylation is 1. The Balaban J connectivity index is 1.52. The zero-order chi connectivity index (χ0) is 27.9. The molecule has 0 aliphatic rings. The van der Waals surface area contributed by atoms with E-state index < -0.39 is 0 Å². The maximum atomic E-state index is 13.1. The first-order chi connectivity index (χ1) is 19.5. The van der Waals surface area contributed by atoms with Crippen molar-refractivity contribution in [2.45, 2.75) is 25.8 Å². The summed E-state index contributed by atoms with van der Waals surface area (Å²) < 4.78 is 13.6. The van der Waals surface area contributed by atoms with Gasteiger partial charge >= 0.3 is 0 Å². The third kappa shape index (κ3) is 6.74. The first-order valence-electron chi connectivity index (χ1n) is 13.4. The number of nitrogens with one attached hydrogen (secondary N) is 1.